The summed E-state index contributed by atoms with van der Waals surface area (Å²) in [4.78, 5) is 13.6. The molecular weight excluding hydrogens is 287 g/mol. The Balaban J connectivity index is 0.00000180. The highest BCUT2D eigenvalue weighted by Crippen LogP contribution is 2.13. The van der Waals surface area contributed by atoms with Crippen molar-refractivity contribution in [3.05, 3.63) is 18.0 Å². The van der Waals surface area contributed by atoms with Crippen molar-refractivity contribution < 1.29 is 4.79 Å². The van der Waals surface area contributed by atoms with E-state index in [1.807, 2.05) is 24.0 Å². The fraction of sp³-hybridized carbons (Fsp3) is 0.667. The maximum absolute atomic E-state index is 11.2. The number of rotatable bonds is 4. The van der Waals surface area contributed by atoms with Gasteiger partial charge in [-0.05, 0) is 18.9 Å². The van der Waals surface area contributed by atoms with Crippen LogP contribution in [0.1, 0.15) is 18.5 Å². The molecule has 1 aliphatic heterocycles. The Morgan fingerprint density at radius 1 is 1.53 bits per heavy atom. The molecule has 1 saturated heterocycles. The van der Waals surface area contributed by atoms with Crippen LogP contribution in [-0.4, -0.2) is 45.6 Å². The van der Waals surface area contributed by atoms with Crippen LogP contribution in [0.3, 0.4) is 0 Å². The Hall–Kier alpha value is -0.780. The molecular formula is C12H20Cl2N4O. The van der Waals surface area contributed by atoms with E-state index < -0.39 is 0 Å². The first-order chi connectivity index (χ1) is 8.69. The topological polar surface area (TPSA) is 50.2 Å². The lowest BCUT2D eigenvalue weighted by Gasteiger charge is -2.32. The molecule has 0 radical (unpaired) electrons. The van der Waals surface area contributed by atoms with E-state index in [2.05, 4.69) is 15.3 Å². The fourth-order valence-electron chi connectivity index (χ4n) is 2.29. The summed E-state index contributed by atoms with van der Waals surface area (Å²) in [7, 11) is 1.96. The Morgan fingerprint density at radius 2 is 2.21 bits per heavy atom. The van der Waals surface area contributed by atoms with Crippen LogP contribution in [0.25, 0.3) is 0 Å². The van der Waals surface area contributed by atoms with Gasteiger partial charge in [-0.1, -0.05) is 0 Å². The summed E-state index contributed by atoms with van der Waals surface area (Å²) < 4.78 is 1.90. The van der Waals surface area contributed by atoms with Gasteiger partial charge >= 0.3 is 0 Å². The van der Waals surface area contributed by atoms with Gasteiger partial charge in [-0.2, -0.15) is 5.10 Å². The van der Waals surface area contributed by atoms with E-state index in [4.69, 9.17) is 11.6 Å². The molecule has 2 rings (SSSR count). The molecule has 1 N–H and O–H groups in total. The quantitative estimate of drug-likeness (QED) is 0.849. The monoisotopic (exact) mass is 306 g/mol. The van der Waals surface area contributed by atoms with Gasteiger partial charge in [0.25, 0.3) is 0 Å². The van der Waals surface area contributed by atoms with Crippen molar-refractivity contribution in [2.24, 2.45) is 7.05 Å². The molecule has 0 aromatic carbocycles. The van der Waals surface area contributed by atoms with Crippen LogP contribution in [0.4, 0.5) is 0 Å². The molecule has 0 bridgehead atoms. The van der Waals surface area contributed by atoms with Crippen LogP contribution >= 0.6 is 24.0 Å². The number of halogens is 2. The summed E-state index contributed by atoms with van der Waals surface area (Å²) in [5.74, 6) is -0.0170. The number of carbonyl (C=O) groups excluding carboxylic acids is 1. The average Bonchev–Trinajstić information content (AvgIpc) is 2.77. The first-order valence-electron chi connectivity index (χ1n) is 6.23. The summed E-state index contributed by atoms with van der Waals surface area (Å²) in [5, 5.41) is 7.11. The first-order valence-corrected chi connectivity index (χ1v) is 6.77. The molecule has 5 nitrogen and oxygen atoms in total. The van der Waals surface area contributed by atoms with Crippen LogP contribution in [-0.2, 0) is 18.4 Å². The highest BCUT2D eigenvalue weighted by molar-refractivity contribution is 6.27. The van der Waals surface area contributed by atoms with Gasteiger partial charge in [0.1, 0.15) is 5.88 Å². The second-order valence-corrected chi connectivity index (χ2v) is 4.96. The zero-order chi connectivity index (χ0) is 13.0. The molecule has 7 heteroatoms. The normalized spacial score (nSPS) is 16.9. The van der Waals surface area contributed by atoms with Gasteiger partial charge in [-0.15, -0.1) is 24.0 Å². The summed E-state index contributed by atoms with van der Waals surface area (Å²) >= 11 is 5.48. The molecule has 1 fully saturated rings. The molecule has 1 aromatic rings. The molecule has 0 aliphatic carbocycles. The summed E-state index contributed by atoms with van der Waals surface area (Å²) in [6.07, 6.45) is 3.80. The van der Waals surface area contributed by atoms with E-state index in [0.29, 0.717) is 0 Å². The van der Waals surface area contributed by atoms with Gasteiger partial charge in [-0.3, -0.25) is 14.4 Å². The maximum atomic E-state index is 11.2. The second-order valence-electron chi connectivity index (χ2n) is 4.70. The zero-order valence-corrected chi connectivity index (χ0v) is 12.6. The molecule has 0 saturated carbocycles. The number of hydrogen-bond donors (Lipinski definition) is 1. The van der Waals surface area contributed by atoms with Crippen molar-refractivity contribution in [2.75, 3.05) is 19.0 Å². The van der Waals surface area contributed by atoms with E-state index in [-0.39, 0.29) is 30.2 Å². The fourth-order valence-corrected chi connectivity index (χ4v) is 2.36. The van der Waals surface area contributed by atoms with Crippen molar-refractivity contribution in [1.82, 2.24) is 20.0 Å². The highest BCUT2D eigenvalue weighted by atomic mass is 35.5. The second kappa shape index (κ2) is 7.72. The number of piperidine rings is 1. The minimum atomic E-state index is -0.0678. The number of hydrogen-bond acceptors (Lipinski definition) is 3. The lowest BCUT2D eigenvalue weighted by molar-refractivity contribution is -0.119. The first kappa shape index (κ1) is 16.3. The minimum absolute atomic E-state index is 0. The minimum Gasteiger partial charge on any atom is -0.352 e. The molecule has 108 valence electrons. The Kier molecular flexibility index (Phi) is 6.62. The van der Waals surface area contributed by atoms with Gasteiger partial charge in [0.2, 0.25) is 5.91 Å². The van der Waals surface area contributed by atoms with Gasteiger partial charge in [-0.25, -0.2) is 0 Å². The van der Waals surface area contributed by atoms with E-state index in [0.717, 1.165) is 32.5 Å². The molecule has 1 amide bonds. The lowest BCUT2D eigenvalue weighted by atomic mass is 10.0. The Morgan fingerprint density at radius 3 is 2.74 bits per heavy atom. The van der Waals surface area contributed by atoms with Crippen LogP contribution in [0.2, 0.25) is 0 Å². The van der Waals surface area contributed by atoms with Crippen LogP contribution in [0.5, 0.6) is 0 Å². The van der Waals surface area contributed by atoms with Gasteiger partial charge in [0.15, 0.2) is 0 Å². The third-order valence-corrected chi connectivity index (χ3v) is 3.62. The molecule has 0 atom stereocenters. The van der Waals surface area contributed by atoms with E-state index >= 15 is 0 Å². The molecule has 1 aliphatic rings. The summed E-state index contributed by atoms with van der Waals surface area (Å²) in [5.41, 5.74) is 1.22. The Bertz CT molecular complexity index is 402. The van der Waals surface area contributed by atoms with Crippen molar-refractivity contribution >= 4 is 29.9 Å². The molecule has 0 unspecified atom stereocenters. The highest BCUT2D eigenvalue weighted by Gasteiger charge is 2.20. The predicted octanol–water partition coefficient (Wildman–Crippen LogP) is 1.16. The van der Waals surface area contributed by atoms with Gasteiger partial charge in [0.05, 0.1) is 5.69 Å². The van der Waals surface area contributed by atoms with E-state index in [1.165, 1.54) is 5.69 Å². The average molecular weight is 307 g/mol. The number of nitrogens with one attached hydrogen (secondary N) is 1. The van der Waals surface area contributed by atoms with Crippen molar-refractivity contribution in [2.45, 2.75) is 25.4 Å². The number of alkyl halides is 1. The lowest BCUT2D eigenvalue weighted by Crippen LogP contribution is -2.44. The number of amides is 1. The zero-order valence-electron chi connectivity index (χ0n) is 11.0. The number of carbonyl (C=O) groups is 1. The van der Waals surface area contributed by atoms with Crippen LogP contribution < -0.4 is 5.32 Å². The molecule has 1 aromatic heterocycles. The van der Waals surface area contributed by atoms with E-state index in [1.54, 1.807) is 0 Å². The summed E-state index contributed by atoms with van der Waals surface area (Å²) in [6.45, 7) is 2.92. The van der Waals surface area contributed by atoms with Gasteiger partial charge in [0, 0.05) is 38.9 Å². The SMILES string of the molecule is Cl.Cn1nccc1CN1CCC(NC(=O)CCl)CC1. The van der Waals surface area contributed by atoms with Crippen molar-refractivity contribution in [1.29, 1.82) is 0 Å². The predicted molar refractivity (Wildman–Crippen MR) is 77.6 cm³/mol. The van der Waals surface area contributed by atoms with Crippen LogP contribution in [0.15, 0.2) is 12.3 Å². The van der Waals surface area contributed by atoms with Gasteiger partial charge < -0.3 is 5.32 Å². The molecule has 2 heterocycles. The number of aromatic nitrogens is 2. The molecule has 0 spiro atoms. The largest absolute Gasteiger partial charge is 0.352 e. The third kappa shape index (κ3) is 4.67. The number of aryl methyl sites for hydroxylation is 1. The third-order valence-electron chi connectivity index (χ3n) is 3.38. The summed E-state index contributed by atoms with van der Waals surface area (Å²) in [6, 6.07) is 2.32. The standard InChI is InChI=1S/C12H19ClN4O.ClH/c1-16-11(2-5-14-16)9-17-6-3-10(4-7-17)15-12(18)8-13;/h2,5,10H,3-4,6-9H2,1H3,(H,15,18);1H. The van der Waals surface area contributed by atoms with E-state index in [9.17, 15) is 4.79 Å². The number of nitrogens with zero attached hydrogens (tertiary/aromatic N) is 3. The van der Waals surface area contributed by atoms with Crippen molar-refractivity contribution in [3.63, 3.8) is 0 Å². The Labute approximate surface area is 124 Å². The van der Waals surface area contributed by atoms with Crippen molar-refractivity contribution in [3.8, 4) is 0 Å². The molecule has 19 heavy (non-hydrogen) atoms. The maximum Gasteiger partial charge on any atom is 0.235 e. The number of likely N-dealkylation sites (tertiary alicyclic amines) is 1. The smallest absolute Gasteiger partial charge is 0.235 e. The van der Waals surface area contributed by atoms with Crippen LogP contribution in [0, 0.1) is 0 Å².